The van der Waals surface area contributed by atoms with Crippen LogP contribution in [0.25, 0.3) is 22.6 Å². The molecule has 0 unspecified atom stereocenters. The molecule has 1 fully saturated rings. The molecule has 2 aromatic heterocycles. The summed E-state index contributed by atoms with van der Waals surface area (Å²) in [6.45, 7) is 7.18. The van der Waals surface area contributed by atoms with Crippen LogP contribution in [0.3, 0.4) is 0 Å². The predicted octanol–water partition coefficient (Wildman–Crippen LogP) is 3.48. The molecule has 0 atom stereocenters. The van der Waals surface area contributed by atoms with E-state index < -0.39 is 5.91 Å². The first-order valence-electron chi connectivity index (χ1n) is 13.3. The van der Waals surface area contributed by atoms with Crippen molar-refractivity contribution in [1.82, 2.24) is 24.6 Å². The molecule has 0 spiro atoms. The zero-order valence-corrected chi connectivity index (χ0v) is 23.5. The minimum Gasteiger partial charge on any atom is -0.494 e. The Hall–Kier alpha value is -4.74. The quantitative estimate of drug-likeness (QED) is 0.284. The zero-order valence-electron chi connectivity index (χ0n) is 23.5. The number of nitrogens with one attached hydrogen (secondary N) is 1. The van der Waals surface area contributed by atoms with Gasteiger partial charge in [-0.2, -0.15) is 10.1 Å². The Balaban J connectivity index is 1.51. The lowest BCUT2D eigenvalue weighted by Crippen LogP contribution is -2.37. The van der Waals surface area contributed by atoms with Crippen LogP contribution in [-0.2, 0) is 16.1 Å². The fourth-order valence-electron chi connectivity index (χ4n) is 4.76. The van der Waals surface area contributed by atoms with Crippen molar-refractivity contribution in [3.8, 4) is 22.8 Å². The molecule has 3 heterocycles. The van der Waals surface area contributed by atoms with Crippen LogP contribution >= 0.6 is 0 Å². The average molecular weight is 555 g/mol. The topological polar surface area (TPSA) is 124 Å². The number of anilines is 3. The third-order valence-electron chi connectivity index (χ3n) is 6.74. The molecule has 5 rings (SSSR count). The lowest BCUT2D eigenvalue weighted by molar-refractivity contribution is -0.112. The van der Waals surface area contributed by atoms with E-state index in [0.717, 1.165) is 29.1 Å². The SMILES string of the molecule is C=C(C(N)=O)c1cc(Nc2nccc(-n3cc(CN(C)C)c(-c4ccccc4)n3)n2)c(OC)cc1N1CCOCC1. The van der Waals surface area contributed by atoms with Gasteiger partial charge in [-0.05, 0) is 20.2 Å². The van der Waals surface area contributed by atoms with Gasteiger partial charge in [-0.15, -0.1) is 0 Å². The first kappa shape index (κ1) is 27.8. The number of ether oxygens (including phenoxy) is 2. The second-order valence-electron chi connectivity index (χ2n) is 9.93. The van der Waals surface area contributed by atoms with E-state index in [1.807, 2.05) is 56.7 Å². The highest BCUT2D eigenvalue weighted by Gasteiger charge is 2.22. The van der Waals surface area contributed by atoms with Gasteiger partial charge in [0, 0.05) is 72.1 Å². The molecular formula is C30H34N8O3. The number of hydrogen-bond acceptors (Lipinski definition) is 9. The molecule has 0 aliphatic carbocycles. The molecule has 11 nitrogen and oxygen atoms in total. The molecule has 212 valence electrons. The summed E-state index contributed by atoms with van der Waals surface area (Å²) >= 11 is 0. The van der Waals surface area contributed by atoms with E-state index in [0.29, 0.717) is 55.1 Å². The first-order valence-corrected chi connectivity index (χ1v) is 13.3. The molecular weight excluding hydrogens is 520 g/mol. The number of methoxy groups -OCH3 is 1. The Morgan fingerprint density at radius 3 is 2.61 bits per heavy atom. The van der Waals surface area contributed by atoms with E-state index in [9.17, 15) is 4.79 Å². The minimum absolute atomic E-state index is 0.199. The van der Waals surface area contributed by atoms with Crippen molar-refractivity contribution in [2.45, 2.75) is 6.54 Å². The van der Waals surface area contributed by atoms with E-state index in [-0.39, 0.29) is 5.57 Å². The Morgan fingerprint density at radius 1 is 1.17 bits per heavy atom. The Kier molecular flexibility index (Phi) is 8.27. The number of amides is 1. The van der Waals surface area contributed by atoms with Crippen molar-refractivity contribution in [3.05, 3.63) is 78.6 Å². The van der Waals surface area contributed by atoms with Gasteiger partial charge in [-0.1, -0.05) is 36.9 Å². The van der Waals surface area contributed by atoms with Gasteiger partial charge in [-0.25, -0.2) is 9.67 Å². The molecule has 3 N–H and O–H groups in total. The molecule has 0 saturated carbocycles. The number of hydrogen-bond donors (Lipinski definition) is 2. The minimum atomic E-state index is -0.602. The molecule has 1 aliphatic heterocycles. The summed E-state index contributed by atoms with van der Waals surface area (Å²) in [5, 5.41) is 8.12. The molecule has 0 bridgehead atoms. The molecule has 11 heteroatoms. The van der Waals surface area contributed by atoms with Crippen molar-refractivity contribution in [2.75, 3.05) is 57.7 Å². The van der Waals surface area contributed by atoms with Gasteiger partial charge in [-0.3, -0.25) is 4.79 Å². The molecule has 1 amide bonds. The molecule has 1 saturated heterocycles. The highest BCUT2D eigenvalue weighted by atomic mass is 16.5. The molecule has 2 aromatic carbocycles. The van der Waals surface area contributed by atoms with Crippen LogP contribution in [0.1, 0.15) is 11.1 Å². The second kappa shape index (κ2) is 12.2. The van der Waals surface area contributed by atoms with E-state index in [4.69, 9.17) is 25.3 Å². The van der Waals surface area contributed by atoms with Crippen LogP contribution in [0, 0.1) is 0 Å². The number of nitrogens with zero attached hydrogens (tertiary/aromatic N) is 6. The second-order valence-corrected chi connectivity index (χ2v) is 9.93. The van der Waals surface area contributed by atoms with E-state index in [1.165, 1.54) is 0 Å². The van der Waals surface area contributed by atoms with E-state index >= 15 is 0 Å². The van der Waals surface area contributed by atoms with Crippen LogP contribution in [0.2, 0.25) is 0 Å². The number of benzene rings is 2. The van der Waals surface area contributed by atoms with Gasteiger partial charge < -0.3 is 30.3 Å². The van der Waals surface area contributed by atoms with Crippen LogP contribution in [-0.4, -0.2) is 78.1 Å². The van der Waals surface area contributed by atoms with Gasteiger partial charge >= 0.3 is 0 Å². The Labute approximate surface area is 239 Å². The molecule has 4 aromatic rings. The maximum atomic E-state index is 12.1. The normalized spacial score (nSPS) is 13.3. The fourth-order valence-corrected chi connectivity index (χ4v) is 4.76. The number of carbonyl (C=O) groups excluding carboxylic acids is 1. The highest BCUT2D eigenvalue weighted by Crippen LogP contribution is 2.38. The number of carbonyl (C=O) groups is 1. The third-order valence-corrected chi connectivity index (χ3v) is 6.74. The van der Waals surface area contributed by atoms with Crippen LogP contribution in [0.5, 0.6) is 5.75 Å². The van der Waals surface area contributed by atoms with E-state index in [1.54, 1.807) is 30.1 Å². The van der Waals surface area contributed by atoms with Gasteiger partial charge in [0.25, 0.3) is 0 Å². The largest absolute Gasteiger partial charge is 0.494 e. The number of morpholine rings is 1. The summed E-state index contributed by atoms with van der Waals surface area (Å²) in [4.78, 5) is 25.5. The smallest absolute Gasteiger partial charge is 0.248 e. The summed E-state index contributed by atoms with van der Waals surface area (Å²) < 4.78 is 13.0. The lowest BCUT2D eigenvalue weighted by Gasteiger charge is -2.31. The fraction of sp³-hybridized carbons (Fsp3) is 0.267. The van der Waals surface area contributed by atoms with Crippen molar-refractivity contribution < 1.29 is 14.3 Å². The monoisotopic (exact) mass is 554 g/mol. The van der Waals surface area contributed by atoms with Crippen LogP contribution < -0.4 is 20.7 Å². The van der Waals surface area contributed by atoms with Crippen molar-refractivity contribution in [3.63, 3.8) is 0 Å². The number of aromatic nitrogens is 4. The van der Waals surface area contributed by atoms with Gasteiger partial charge in [0.15, 0.2) is 5.82 Å². The van der Waals surface area contributed by atoms with Gasteiger partial charge in [0.2, 0.25) is 11.9 Å². The van der Waals surface area contributed by atoms with Gasteiger partial charge in [0.1, 0.15) is 5.75 Å². The highest BCUT2D eigenvalue weighted by molar-refractivity contribution is 6.19. The maximum Gasteiger partial charge on any atom is 0.248 e. The first-order chi connectivity index (χ1) is 19.8. The van der Waals surface area contributed by atoms with Crippen molar-refractivity contribution in [1.29, 1.82) is 0 Å². The Morgan fingerprint density at radius 2 is 1.93 bits per heavy atom. The van der Waals surface area contributed by atoms with Crippen LogP contribution in [0.4, 0.5) is 17.3 Å². The number of primary amides is 1. The van der Waals surface area contributed by atoms with Crippen molar-refractivity contribution >= 4 is 28.8 Å². The summed E-state index contributed by atoms with van der Waals surface area (Å²) in [5.41, 5.74) is 10.8. The lowest BCUT2D eigenvalue weighted by atomic mass is 10.0. The molecule has 41 heavy (non-hydrogen) atoms. The summed E-state index contributed by atoms with van der Waals surface area (Å²) in [5.74, 6) is 0.882. The molecule has 0 radical (unpaired) electrons. The standard InChI is InChI=1S/C30H34N8O3/c1-20(29(31)39)23-16-24(26(40-4)17-25(23)37-12-14-41-15-13-37)33-30-32-11-10-27(34-30)38-19-22(18-36(2)3)28(35-38)21-8-6-5-7-9-21/h5-11,16-17,19H,1,12-15,18H2,2-4H3,(H2,31,39)(H,32,33,34). The number of nitrogens with two attached hydrogens (primary N) is 1. The maximum absolute atomic E-state index is 12.1. The average Bonchev–Trinajstić information content (AvgIpc) is 3.40. The number of rotatable bonds is 10. The van der Waals surface area contributed by atoms with Crippen molar-refractivity contribution in [2.24, 2.45) is 5.73 Å². The third kappa shape index (κ3) is 6.21. The predicted molar refractivity (Wildman–Crippen MR) is 160 cm³/mol. The van der Waals surface area contributed by atoms with Crippen LogP contribution in [0.15, 0.2) is 67.5 Å². The zero-order chi connectivity index (χ0) is 28.9. The van der Waals surface area contributed by atoms with Gasteiger partial charge in [0.05, 0.1) is 31.7 Å². The summed E-state index contributed by atoms with van der Waals surface area (Å²) in [7, 11) is 5.64. The van der Waals surface area contributed by atoms with E-state index in [2.05, 4.69) is 26.7 Å². The summed E-state index contributed by atoms with van der Waals surface area (Å²) in [6.07, 6.45) is 3.65. The molecule has 1 aliphatic rings. The summed E-state index contributed by atoms with van der Waals surface area (Å²) in [6, 6.07) is 15.5. The Bertz CT molecular complexity index is 1540.